The van der Waals surface area contributed by atoms with Crippen LogP contribution in [0.2, 0.25) is 0 Å². The van der Waals surface area contributed by atoms with E-state index >= 15 is 0 Å². The van der Waals surface area contributed by atoms with E-state index in [1.807, 2.05) is 6.20 Å². The molecule has 1 saturated heterocycles. The van der Waals surface area contributed by atoms with Gasteiger partial charge in [-0.25, -0.2) is 4.98 Å². The second-order valence-electron chi connectivity index (χ2n) is 4.87. The smallest absolute Gasteiger partial charge is 0.208 e. The molecular formula is C12H21N3O. The van der Waals surface area contributed by atoms with Crippen molar-refractivity contribution >= 4 is 0 Å². The van der Waals surface area contributed by atoms with Gasteiger partial charge in [0.05, 0.1) is 12.7 Å². The minimum Gasteiger partial charge on any atom is -0.444 e. The van der Waals surface area contributed by atoms with Gasteiger partial charge in [-0.15, -0.1) is 0 Å². The van der Waals surface area contributed by atoms with Crippen LogP contribution in [0.1, 0.15) is 37.8 Å². The van der Waals surface area contributed by atoms with Crippen molar-refractivity contribution in [1.82, 2.24) is 15.2 Å². The van der Waals surface area contributed by atoms with Crippen molar-refractivity contribution in [2.24, 2.45) is 0 Å². The van der Waals surface area contributed by atoms with Gasteiger partial charge in [0.25, 0.3) is 0 Å². The average Bonchev–Trinajstić information content (AvgIpc) is 2.87. The zero-order valence-corrected chi connectivity index (χ0v) is 10.4. The van der Waals surface area contributed by atoms with Gasteiger partial charge in [-0.3, -0.25) is 4.90 Å². The Balaban J connectivity index is 1.92. The van der Waals surface area contributed by atoms with Crippen LogP contribution < -0.4 is 5.32 Å². The first-order valence-electron chi connectivity index (χ1n) is 6.02. The zero-order valence-electron chi connectivity index (χ0n) is 10.4. The maximum absolute atomic E-state index is 5.70. The summed E-state index contributed by atoms with van der Waals surface area (Å²) in [5, 5.41) is 3.37. The number of hydrogen-bond donors (Lipinski definition) is 1. The van der Waals surface area contributed by atoms with Crippen molar-refractivity contribution in [3.8, 4) is 0 Å². The molecule has 2 rings (SSSR count). The first-order valence-corrected chi connectivity index (χ1v) is 6.02. The molecule has 0 aliphatic carbocycles. The molecule has 1 aromatic rings. The summed E-state index contributed by atoms with van der Waals surface area (Å²) < 4.78 is 5.70. The van der Waals surface area contributed by atoms with E-state index in [4.69, 9.17) is 4.42 Å². The van der Waals surface area contributed by atoms with E-state index in [-0.39, 0.29) is 0 Å². The van der Waals surface area contributed by atoms with Gasteiger partial charge in [-0.2, -0.15) is 0 Å². The van der Waals surface area contributed by atoms with Gasteiger partial charge < -0.3 is 9.73 Å². The molecule has 1 aromatic heterocycles. The maximum atomic E-state index is 5.70. The van der Waals surface area contributed by atoms with Crippen molar-refractivity contribution in [1.29, 1.82) is 0 Å². The SMILES string of the molecule is CC(C)c1cnc(CN(C)[C@@H]2CCNC2)o1. The molecule has 90 valence electrons. The Morgan fingerprint density at radius 1 is 1.62 bits per heavy atom. The number of hydrogen-bond acceptors (Lipinski definition) is 4. The summed E-state index contributed by atoms with van der Waals surface area (Å²) in [6.45, 7) is 7.24. The van der Waals surface area contributed by atoms with Crippen LogP contribution in [0.5, 0.6) is 0 Å². The summed E-state index contributed by atoms with van der Waals surface area (Å²) in [4.78, 5) is 6.64. The number of nitrogens with one attached hydrogen (secondary N) is 1. The Hall–Kier alpha value is -0.870. The highest BCUT2D eigenvalue weighted by Gasteiger charge is 2.20. The van der Waals surface area contributed by atoms with Crippen LogP contribution in [0, 0.1) is 0 Å². The number of likely N-dealkylation sites (N-methyl/N-ethyl adjacent to an activating group) is 1. The van der Waals surface area contributed by atoms with Crippen LogP contribution in [0.4, 0.5) is 0 Å². The normalized spacial score (nSPS) is 21.2. The summed E-state index contributed by atoms with van der Waals surface area (Å²) in [7, 11) is 2.14. The quantitative estimate of drug-likeness (QED) is 0.841. The lowest BCUT2D eigenvalue weighted by Crippen LogP contribution is -2.32. The van der Waals surface area contributed by atoms with Crippen molar-refractivity contribution < 1.29 is 4.42 Å². The van der Waals surface area contributed by atoms with E-state index in [0.717, 1.165) is 31.3 Å². The van der Waals surface area contributed by atoms with Crippen LogP contribution >= 0.6 is 0 Å². The molecule has 4 nitrogen and oxygen atoms in total. The molecule has 1 aliphatic rings. The molecule has 1 fully saturated rings. The molecule has 4 heteroatoms. The van der Waals surface area contributed by atoms with E-state index in [9.17, 15) is 0 Å². The van der Waals surface area contributed by atoms with Crippen LogP contribution in [0.25, 0.3) is 0 Å². The molecule has 0 spiro atoms. The van der Waals surface area contributed by atoms with Gasteiger partial charge in [0.1, 0.15) is 5.76 Å². The van der Waals surface area contributed by atoms with Crippen molar-refractivity contribution in [2.75, 3.05) is 20.1 Å². The van der Waals surface area contributed by atoms with Crippen LogP contribution in [-0.2, 0) is 6.54 Å². The number of oxazole rings is 1. The lowest BCUT2D eigenvalue weighted by Gasteiger charge is -2.21. The van der Waals surface area contributed by atoms with Crippen LogP contribution in [0.15, 0.2) is 10.6 Å². The van der Waals surface area contributed by atoms with Gasteiger partial charge in [0.2, 0.25) is 5.89 Å². The molecule has 1 N–H and O–H groups in total. The minimum absolute atomic E-state index is 0.416. The topological polar surface area (TPSA) is 41.3 Å². The van der Waals surface area contributed by atoms with E-state index in [0.29, 0.717) is 12.0 Å². The predicted molar refractivity (Wildman–Crippen MR) is 63.3 cm³/mol. The number of rotatable bonds is 4. The Morgan fingerprint density at radius 2 is 2.44 bits per heavy atom. The van der Waals surface area contributed by atoms with Gasteiger partial charge in [-0.05, 0) is 20.0 Å². The molecule has 16 heavy (non-hydrogen) atoms. The monoisotopic (exact) mass is 223 g/mol. The highest BCUT2D eigenvalue weighted by Crippen LogP contribution is 2.17. The maximum Gasteiger partial charge on any atom is 0.208 e. The van der Waals surface area contributed by atoms with Gasteiger partial charge in [0.15, 0.2) is 0 Å². The molecule has 0 unspecified atom stereocenters. The summed E-state index contributed by atoms with van der Waals surface area (Å²) in [6.07, 6.45) is 3.06. The fourth-order valence-electron chi connectivity index (χ4n) is 2.02. The second kappa shape index (κ2) is 4.97. The van der Waals surface area contributed by atoms with E-state index in [2.05, 4.69) is 36.1 Å². The van der Waals surface area contributed by atoms with Gasteiger partial charge in [0, 0.05) is 18.5 Å². The fraction of sp³-hybridized carbons (Fsp3) is 0.750. The van der Waals surface area contributed by atoms with E-state index in [1.165, 1.54) is 6.42 Å². The highest BCUT2D eigenvalue weighted by molar-refractivity contribution is 4.99. The third kappa shape index (κ3) is 2.62. The van der Waals surface area contributed by atoms with Crippen LogP contribution in [0.3, 0.4) is 0 Å². The largest absolute Gasteiger partial charge is 0.444 e. The molecule has 0 radical (unpaired) electrons. The molecule has 0 bridgehead atoms. The molecule has 0 aromatic carbocycles. The van der Waals surface area contributed by atoms with Crippen molar-refractivity contribution in [3.05, 3.63) is 17.8 Å². The summed E-state index contributed by atoms with van der Waals surface area (Å²) >= 11 is 0. The Kier molecular flexibility index (Phi) is 3.61. The van der Waals surface area contributed by atoms with Crippen molar-refractivity contribution in [3.63, 3.8) is 0 Å². The molecular weight excluding hydrogens is 202 g/mol. The lowest BCUT2D eigenvalue weighted by molar-refractivity contribution is 0.222. The molecule has 0 saturated carbocycles. The van der Waals surface area contributed by atoms with Crippen LogP contribution in [-0.4, -0.2) is 36.1 Å². The van der Waals surface area contributed by atoms with Gasteiger partial charge >= 0.3 is 0 Å². The third-order valence-corrected chi connectivity index (χ3v) is 3.18. The summed E-state index contributed by atoms with van der Waals surface area (Å²) in [6, 6.07) is 0.620. The Morgan fingerprint density at radius 3 is 3.00 bits per heavy atom. The Labute approximate surface area is 97.0 Å². The zero-order chi connectivity index (χ0) is 11.5. The third-order valence-electron chi connectivity index (χ3n) is 3.18. The standard InChI is InChI=1S/C12H21N3O/c1-9(2)11-7-14-12(16-11)8-15(3)10-4-5-13-6-10/h7,9-10,13H,4-6,8H2,1-3H3/t10-/m1/s1. The van der Waals surface area contributed by atoms with Gasteiger partial charge in [-0.1, -0.05) is 13.8 Å². The Bertz CT molecular complexity index is 329. The lowest BCUT2D eigenvalue weighted by atomic mass is 10.2. The number of nitrogens with zero attached hydrogens (tertiary/aromatic N) is 2. The highest BCUT2D eigenvalue weighted by atomic mass is 16.4. The fourth-order valence-corrected chi connectivity index (χ4v) is 2.02. The summed E-state index contributed by atoms with van der Waals surface area (Å²) in [5.74, 6) is 2.23. The number of aromatic nitrogens is 1. The first-order chi connectivity index (χ1) is 7.66. The average molecular weight is 223 g/mol. The molecule has 1 atom stereocenters. The molecule has 2 heterocycles. The molecule has 0 amide bonds. The summed E-state index contributed by atoms with van der Waals surface area (Å²) in [5.41, 5.74) is 0. The molecule has 1 aliphatic heterocycles. The van der Waals surface area contributed by atoms with Crippen molar-refractivity contribution in [2.45, 2.75) is 38.8 Å². The van der Waals surface area contributed by atoms with E-state index in [1.54, 1.807) is 0 Å². The predicted octanol–water partition coefficient (Wildman–Crippen LogP) is 1.59. The first kappa shape index (κ1) is 11.6. The second-order valence-corrected chi connectivity index (χ2v) is 4.87. The van der Waals surface area contributed by atoms with E-state index < -0.39 is 0 Å². The minimum atomic E-state index is 0.416.